The molecule has 1 aromatic heterocycles. The molecule has 2 bridgehead atoms. The summed E-state index contributed by atoms with van der Waals surface area (Å²) >= 11 is 0. The van der Waals surface area contributed by atoms with Gasteiger partial charge < -0.3 is 4.42 Å². The number of nitrogens with zero attached hydrogens (tertiary/aromatic N) is 4. The van der Waals surface area contributed by atoms with Crippen LogP contribution in [-0.4, -0.2) is 45.7 Å². The number of fused-ring (bicyclic) bond motifs is 4. The second kappa shape index (κ2) is 6.42. The van der Waals surface area contributed by atoms with Crippen LogP contribution in [0.4, 0.5) is 0 Å². The monoisotopic (exact) mass is 312 g/mol. The molecule has 3 aliphatic rings. The third-order valence-corrected chi connectivity index (χ3v) is 5.06. The van der Waals surface area contributed by atoms with Gasteiger partial charge in [0.25, 0.3) is 0 Å². The molecule has 3 saturated heterocycles. The van der Waals surface area contributed by atoms with Gasteiger partial charge in [0.15, 0.2) is 0 Å². The van der Waals surface area contributed by atoms with Gasteiger partial charge in [-0.3, -0.25) is 9.80 Å². The van der Waals surface area contributed by atoms with Gasteiger partial charge in [-0.25, -0.2) is 0 Å². The molecule has 2 aromatic rings. The molecule has 0 unspecified atom stereocenters. The van der Waals surface area contributed by atoms with Crippen molar-refractivity contribution < 1.29 is 4.42 Å². The quantitative estimate of drug-likeness (QED) is 0.868. The number of rotatable bonds is 4. The van der Waals surface area contributed by atoms with E-state index in [0.29, 0.717) is 11.9 Å². The van der Waals surface area contributed by atoms with Crippen molar-refractivity contribution in [2.45, 2.75) is 38.9 Å². The molecule has 0 saturated carbocycles. The van der Waals surface area contributed by atoms with Crippen molar-refractivity contribution >= 4 is 0 Å². The topological polar surface area (TPSA) is 45.4 Å². The van der Waals surface area contributed by atoms with Crippen molar-refractivity contribution in [1.29, 1.82) is 0 Å². The summed E-state index contributed by atoms with van der Waals surface area (Å²) < 4.78 is 5.56. The molecule has 1 aromatic carbocycles. The number of aryl methyl sites for hydroxylation is 1. The fourth-order valence-corrected chi connectivity index (χ4v) is 4.01. The molecule has 4 heterocycles. The first-order valence-corrected chi connectivity index (χ1v) is 8.55. The predicted molar refractivity (Wildman–Crippen MR) is 87.7 cm³/mol. The van der Waals surface area contributed by atoms with E-state index in [2.05, 4.69) is 50.3 Å². The fourth-order valence-electron chi connectivity index (χ4n) is 4.01. The van der Waals surface area contributed by atoms with Crippen LogP contribution in [-0.2, 0) is 13.1 Å². The summed E-state index contributed by atoms with van der Waals surface area (Å²) in [5.41, 5.74) is 1.42. The maximum absolute atomic E-state index is 5.56. The van der Waals surface area contributed by atoms with Crippen LogP contribution < -0.4 is 0 Å². The lowest BCUT2D eigenvalue weighted by molar-refractivity contribution is 0.122. The standard InChI is InChI=1S/C18H24N4O/c1-14-19-20-18(23-14)13-21-9-16-7-8-17(12-21)22(11-16)10-15-5-3-2-4-6-15/h2-6,16-17H,7-13H2,1H3/t16-,17+/m1/s1. The molecular weight excluding hydrogens is 288 g/mol. The summed E-state index contributed by atoms with van der Waals surface area (Å²) in [5, 5.41) is 8.10. The third-order valence-electron chi connectivity index (χ3n) is 5.06. The van der Waals surface area contributed by atoms with E-state index in [1.54, 1.807) is 0 Å². The van der Waals surface area contributed by atoms with Gasteiger partial charge in [-0.1, -0.05) is 30.3 Å². The van der Waals surface area contributed by atoms with Crippen molar-refractivity contribution in [2.75, 3.05) is 19.6 Å². The van der Waals surface area contributed by atoms with Crippen molar-refractivity contribution in [3.05, 3.63) is 47.7 Å². The van der Waals surface area contributed by atoms with Crippen LogP contribution in [0.25, 0.3) is 0 Å². The maximum atomic E-state index is 5.56. The molecule has 0 amide bonds. The molecule has 0 spiro atoms. The molecular formula is C18H24N4O. The smallest absolute Gasteiger partial charge is 0.230 e. The van der Waals surface area contributed by atoms with Crippen LogP contribution in [0, 0.1) is 12.8 Å². The highest BCUT2D eigenvalue weighted by Crippen LogP contribution is 2.29. The van der Waals surface area contributed by atoms with Gasteiger partial charge >= 0.3 is 0 Å². The lowest BCUT2D eigenvalue weighted by atomic mass is 9.94. The molecule has 0 radical (unpaired) electrons. The van der Waals surface area contributed by atoms with Gasteiger partial charge in [-0.15, -0.1) is 10.2 Å². The van der Waals surface area contributed by atoms with Crippen LogP contribution >= 0.6 is 0 Å². The zero-order valence-electron chi connectivity index (χ0n) is 13.7. The Morgan fingerprint density at radius 2 is 1.91 bits per heavy atom. The number of benzene rings is 1. The first-order valence-electron chi connectivity index (χ1n) is 8.55. The number of hydrogen-bond donors (Lipinski definition) is 0. The van der Waals surface area contributed by atoms with E-state index >= 15 is 0 Å². The summed E-state index contributed by atoms with van der Waals surface area (Å²) in [6.45, 7) is 7.15. The van der Waals surface area contributed by atoms with Crippen molar-refractivity contribution in [1.82, 2.24) is 20.0 Å². The van der Waals surface area contributed by atoms with Gasteiger partial charge in [0, 0.05) is 39.1 Å². The van der Waals surface area contributed by atoms with Gasteiger partial charge in [0.2, 0.25) is 11.8 Å². The second-order valence-electron chi connectivity index (χ2n) is 6.92. The molecule has 5 rings (SSSR count). The molecule has 0 N–H and O–H groups in total. The minimum absolute atomic E-state index is 0.637. The first-order chi connectivity index (χ1) is 11.3. The van der Waals surface area contributed by atoms with Crippen molar-refractivity contribution in [2.24, 2.45) is 5.92 Å². The van der Waals surface area contributed by atoms with Crippen molar-refractivity contribution in [3.8, 4) is 0 Å². The summed E-state index contributed by atoms with van der Waals surface area (Å²) in [4.78, 5) is 5.17. The Bertz CT molecular complexity index is 641. The number of aromatic nitrogens is 2. The zero-order chi connectivity index (χ0) is 15.6. The lowest BCUT2D eigenvalue weighted by Crippen LogP contribution is -2.43. The van der Waals surface area contributed by atoms with Gasteiger partial charge in [-0.2, -0.15) is 0 Å². The normalized spacial score (nSPS) is 25.6. The Hall–Kier alpha value is -1.72. The minimum Gasteiger partial charge on any atom is -0.424 e. The minimum atomic E-state index is 0.637. The predicted octanol–water partition coefficient (Wildman–Crippen LogP) is 2.47. The largest absolute Gasteiger partial charge is 0.424 e. The molecule has 2 atom stereocenters. The Morgan fingerprint density at radius 1 is 1.04 bits per heavy atom. The van der Waals surface area contributed by atoms with Gasteiger partial charge in [-0.05, 0) is 24.3 Å². The second-order valence-corrected chi connectivity index (χ2v) is 6.92. The molecule has 3 aliphatic heterocycles. The summed E-state index contributed by atoms with van der Waals surface area (Å²) in [6.07, 6.45) is 2.65. The third kappa shape index (κ3) is 3.46. The average molecular weight is 312 g/mol. The van der Waals surface area contributed by atoms with Crippen LogP contribution in [0.5, 0.6) is 0 Å². The SMILES string of the molecule is Cc1nnc(CN2C[C@H]3CC[C@@H](C2)N(Cc2ccccc2)C3)o1. The highest BCUT2D eigenvalue weighted by atomic mass is 16.4. The summed E-state index contributed by atoms with van der Waals surface area (Å²) in [6, 6.07) is 11.5. The molecule has 122 valence electrons. The van der Waals surface area contributed by atoms with Gasteiger partial charge in [0.1, 0.15) is 0 Å². The van der Waals surface area contributed by atoms with E-state index < -0.39 is 0 Å². The van der Waals surface area contributed by atoms with Crippen LogP contribution in [0.3, 0.4) is 0 Å². The van der Waals surface area contributed by atoms with E-state index in [4.69, 9.17) is 4.42 Å². The molecule has 0 aliphatic carbocycles. The molecule has 23 heavy (non-hydrogen) atoms. The number of hydrogen-bond acceptors (Lipinski definition) is 5. The van der Waals surface area contributed by atoms with E-state index in [-0.39, 0.29) is 0 Å². The van der Waals surface area contributed by atoms with Crippen LogP contribution in [0.2, 0.25) is 0 Å². The van der Waals surface area contributed by atoms with Crippen LogP contribution in [0.1, 0.15) is 30.2 Å². The van der Waals surface area contributed by atoms with E-state index in [9.17, 15) is 0 Å². The highest BCUT2D eigenvalue weighted by molar-refractivity contribution is 5.15. The van der Waals surface area contributed by atoms with Crippen molar-refractivity contribution in [3.63, 3.8) is 0 Å². The number of piperidine rings is 1. The average Bonchev–Trinajstić information content (AvgIpc) is 2.77. The van der Waals surface area contributed by atoms with E-state index in [1.165, 1.54) is 24.9 Å². The zero-order valence-corrected chi connectivity index (χ0v) is 13.7. The molecule has 5 heteroatoms. The Labute approximate surface area is 137 Å². The summed E-state index contributed by atoms with van der Waals surface area (Å²) in [5.74, 6) is 2.16. The summed E-state index contributed by atoms with van der Waals surface area (Å²) in [7, 11) is 0. The highest BCUT2D eigenvalue weighted by Gasteiger charge is 2.35. The molecule has 3 fully saturated rings. The van der Waals surface area contributed by atoms with E-state index in [0.717, 1.165) is 38.0 Å². The Morgan fingerprint density at radius 3 is 2.70 bits per heavy atom. The van der Waals surface area contributed by atoms with Gasteiger partial charge in [0.05, 0.1) is 6.54 Å². The lowest BCUT2D eigenvalue weighted by Gasteiger charge is -2.36. The van der Waals surface area contributed by atoms with E-state index in [1.807, 2.05) is 6.92 Å². The Kier molecular flexibility index (Phi) is 4.14. The fraction of sp³-hybridized carbons (Fsp3) is 0.556. The Balaban J connectivity index is 1.44. The first kappa shape index (κ1) is 14.8. The maximum Gasteiger partial charge on any atom is 0.230 e. The van der Waals surface area contributed by atoms with Crippen LogP contribution in [0.15, 0.2) is 34.7 Å². The molecule has 5 nitrogen and oxygen atoms in total.